The zero-order valence-electron chi connectivity index (χ0n) is 11.9. The molecule has 0 aliphatic carbocycles. The highest BCUT2D eigenvalue weighted by atomic mass is 16.5. The number of hydrogen-bond donors (Lipinski definition) is 1. The van der Waals surface area contributed by atoms with Gasteiger partial charge in [-0.2, -0.15) is 0 Å². The summed E-state index contributed by atoms with van der Waals surface area (Å²) in [5, 5.41) is 2.77. The van der Waals surface area contributed by atoms with E-state index in [1.54, 1.807) is 24.3 Å². The van der Waals surface area contributed by atoms with Gasteiger partial charge in [0.25, 0.3) is 5.91 Å². The summed E-state index contributed by atoms with van der Waals surface area (Å²) in [7, 11) is 0. The number of benzene rings is 1. The molecule has 1 N–H and O–H groups in total. The molecule has 4 heteroatoms. The summed E-state index contributed by atoms with van der Waals surface area (Å²) in [6.07, 6.45) is 0.0757. The van der Waals surface area contributed by atoms with Crippen LogP contribution in [0.1, 0.15) is 29.9 Å². The van der Waals surface area contributed by atoms with E-state index < -0.39 is 0 Å². The third kappa shape index (κ3) is 3.82. The van der Waals surface area contributed by atoms with Crippen LogP contribution in [0, 0.1) is 6.92 Å². The van der Waals surface area contributed by atoms with Crippen molar-refractivity contribution < 1.29 is 9.53 Å². The lowest BCUT2D eigenvalue weighted by atomic mass is 10.2. The Hall–Kier alpha value is -2.36. The predicted molar refractivity (Wildman–Crippen MR) is 79.1 cm³/mol. The fourth-order valence-electron chi connectivity index (χ4n) is 1.78. The van der Waals surface area contributed by atoms with Crippen LogP contribution in [-0.4, -0.2) is 17.0 Å². The highest BCUT2D eigenvalue weighted by Crippen LogP contribution is 2.16. The molecule has 0 radical (unpaired) electrons. The first-order valence-corrected chi connectivity index (χ1v) is 6.56. The number of carbonyl (C=O) groups excluding carboxylic acids is 1. The number of anilines is 1. The number of nitrogens with zero attached hydrogens (tertiary/aromatic N) is 1. The molecule has 0 fully saturated rings. The first-order chi connectivity index (χ1) is 9.54. The molecular formula is C16H18N2O2. The maximum absolute atomic E-state index is 12.2. The molecule has 104 valence electrons. The van der Waals surface area contributed by atoms with Crippen LogP contribution in [0.4, 0.5) is 5.82 Å². The number of hydrogen-bond acceptors (Lipinski definition) is 3. The second-order valence-corrected chi connectivity index (χ2v) is 4.81. The van der Waals surface area contributed by atoms with Crippen LogP contribution in [0.3, 0.4) is 0 Å². The zero-order valence-corrected chi connectivity index (χ0v) is 11.9. The van der Waals surface area contributed by atoms with Crippen molar-refractivity contribution in [3.8, 4) is 5.75 Å². The van der Waals surface area contributed by atoms with E-state index in [4.69, 9.17) is 4.74 Å². The quantitative estimate of drug-likeness (QED) is 0.926. The summed E-state index contributed by atoms with van der Waals surface area (Å²) in [4.78, 5) is 16.4. The van der Waals surface area contributed by atoms with Gasteiger partial charge in [-0.15, -0.1) is 0 Å². The molecular weight excluding hydrogens is 252 g/mol. The minimum atomic E-state index is -0.197. The molecule has 0 aliphatic rings. The van der Waals surface area contributed by atoms with Crippen molar-refractivity contribution in [2.24, 2.45) is 0 Å². The van der Waals surface area contributed by atoms with E-state index in [1.807, 2.05) is 39.0 Å². The number of amides is 1. The summed E-state index contributed by atoms with van der Waals surface area (Å²) < 4.78 is 5.58. The van der Waals surface area contributed by atoms with Crippen molar-refractivity contribution in [1.29, 1.82) is 0 Å². The van der Waals surface area contributed by atoms with Gasteiger partial charge in [-0.1, -0.05) is 12.1 Å². The highest BCUT2D eigenvalue weighted by molar-refractivity contribution is 6.03. The molecule has 0 aliphatic heterocycles. The number of nitrogens with one attached hydrogen (secondary N) is 1. The van der Waals surface area contributed by atoms with Crippen molar-refractivity contribution in [1.82, 2.24) is 4.98 Å². The van der Waals surface area contributed by atoms with Gasteiger partial charge in [-0.05, 0) is 51.1 Å². The van der Waals surface area contributed by atoms with E-state index in [2.05, 4.69) is 10.3 Å². The Labute approximate surface area is 118 Å². The van der Waals surface area contributed by atoms with E-state index >= 15 is 0 Å². The first-order valence-electron chi connectivity index (χ1n) is 6.56. The van der Waals surface area contributed by atoms with Crippen molar-refractivity contribution >= 4 is 11.7 Å². The molecule has 20 heavy (non-hydrogen) atoms. The highest BCUT2D eigenvalue weighted by Gasteiger charge is 2.08. The standard InChI is InChI=1S/C16H18N2O2/c1-11(2)20-14-8-5-7-13(10-14)16(19)18-15-9-4-6-12(3)17-15/h4-11H,1-3H3,(H,17,18,19). The van der Waals surface area contributed by atoms with Gasteiger partial charge in [-0.3, -0.25) is 4.79 Å². The molecule has 0 saturated carbocycles. The molecule has 2 rings (SSSR count). The summed E-state index contributed by atoms with van der Waals surface area (Å²) in [5.74, 6) is 1.03. The van der Waals surface area contributed by atoms with Crippen molar-refractivity contribution in [3.05, 3.63) is 53.7 Å². The van der Waals surface area contributed by atoms with Crippen LogP contribution in [0.25, 0.3) is 0 Å². The van der Waals surface area contributed by atoms with E-state index in [1.165, 1.54) is 0 Å². The van der Waals surface area contributed by atoms with Crippen LogP contribution in [0.5, 0.6) is 5.75 Å². The second-order valence-electron chi connectivity index (χ2n) is 4.81. The molecule has 1 amide bonds. The fraction of sp³-hybridized carbons (Fsp3) is 0.250. The Balaban J connectivity index is 2.13. The molecule has 0 bridgehead atoms. The van der Waals surface area contributed by atoms with E-state index in [0.29, 0.717) is 17.1 Å². The molecule has 1 aromatic heterocycles. The van der Waals surface area contributed by atoms with Gasteiger partial charge in [0.1, 0.15) is 11.6 Å². The number of pyridine rings is 1. The lowest BCUT2D eigenvalue weighted by molar-refractivity contribution is 0.102. The predicted octanol–water partition coefficient (Wildman–Crippen LogP) is 3.43. The van der Waals surface area contributed by atoms with Crippen LogP contribution in [0.15, 0.2) is 42.5 Å². The second kappa shape index (κ2) is 6.19. The van der Waals surface area contributed by atoms with Gasteiger partial charge >= 0.3 is 0 Å². The summed E-state index contributed by atoms with van der Waals surface area (Å²) in [6, 6.07) is 12.6. The third-order valence-electron chi connectivity index (χ3n) is 2.60. The fourth-order valence-corrected chi connectivity index (χ4v) is 1.78. The van der Waals surface area contributed by atoms with Crippen LogP contribution in [0.2, 0.25) is 0 Å². The molecule has 1 heterocycles. The zero-order chi connectivity index (χ0) is 14.5. The Morgan fingerprint density at radius 1 is 1.20 bits per heavy atom. The normalized spacial score (nSPS) is 10.4. The largest absolute Gasteiger partial charge is 0.491 e. The van der Waals surface area contributed by atoms with Crippen molar-refractivity contribution in [2.75, 3.05) is 5.32 Å². The monoisotopic (exact) mass is 270 g/mol. The van der Waals surface area contributed by atoms with Crippen molar-refractivity contribution in [3.63, 3.8) is 0 Å². The van der Waals surface area contributed by atoms with Gasteiger partial charge < -0.3 is 10.1 Å². The Kier molecular flexibility index (Phi) is 4.35. The molecule has 0 saturated heterocycles. The van der Waals surface area contributed by atoms with Gasteiger partial charge in [0, 0.05) is 11.3 Å². The average Bonchev–Trinajstić information content (AvgIpc) is 2.38. The van der Waals surface area contributed by atoms with Gasteiger partial charge in [0.05, 0.1) is 6.10 Å². The number of aromatic nitrogens is 1. The summed E-state index contributed by atoms with van der Waals surface area (Å²) in [6.45, 7) is 5.78. The lowest BCUT2D eigenvalue weighted by Crippen LogP contribution is -2.13. The van der Waals surface area contributed by atoms with E-state index in [9.17, 15) is 4.79 Å². The minimum absolute atomic E-state index is 0.0757. The Bertz CT molecular complexity index is 609. The number of carbonyl (C=O) groups is 1. The summed E-state index contributed by atoms with van der Waals surface area (Å²) >= 11 is 0. The third-order valence-corrected chi connectivity index (χ3v) is 2.60. The SMILES string of the molecule is Cc1cccc(NC(=O)c2cccc(OC(C)C)c2)n1. The van der Waals surface area contributed by atoms with Gasteiger partial charge in [-0.25, -0.2) is 4.98 Å². The molecule has 0 spiro atoms. The molecule has 0 atom stereocenters. The van der Waals surface area contributed by atoms with Crippen LogP contribution < -0.4 is 10.1 Å². The smallest absolute Gasteiger partial charge is 0.256 e. The maximum atomic E-state index is 12.2. The maximum Gasteiger partial charge on any atom is 0.256 e. The first kappa shape index (κ1) is 14.1. The van der Waals surface area contributed by atoms with E-state index in [0.717, 1.165) is 5.69 Å². The average molecular weight is 270 g/mol. The van der Waals surface area contributed by atoms with Crippen LogP contribution >= 0.6 is 0 Å². The number of aryl methyl sites for hydroxylation is 1. The molecule has 4 nitrogen and oxygen atoms in total. The molecule has 1 aromatic carbocycles. The number of ether oxygens (including phenoxy) is 1. The Morgan fingerprint density at radius 3 is 2.65 bits per heavy atom. The van der Waals surface area contributed by atoms with Gasteiger partial charge in [0.2, 0.25) is 0 Å². The van der Waals surface area contributed by atoms with Crippen molar-refractivity contribution in [2.45, 2.75) is 26.9 Å². The summed E-state index contributed by atoms with van der Waals surface area (Å²) in [5.41, 5.74) is 1.41. The lowest BCUT2D eigenvalue weighted by Gasteiger charge is -2.11. The Morgan fingerprint density at radius 2 is 1.95 bits per heavy atom. The minimum Gasteiger partial charge on any atom is -0.491 e. The molecule has 0 unspecified atom stereocenters. The van der Waals surface area contributed by atoms with Crippen LogP contribution in [-0.2, 0) is 0 Å². The van der Waals surface area contributed by atoms with Gasteiger partial charge in [0.15, 0.2) is 0 Å². The molecule has 2 aromatic rings. The van der Waals surface area contributed by atoms with E-state index in [-0.39, 0.29) is 12.0 Å². The topological polar surface area (TPSA) is 51.2 Å². The number of rotatable bonds is 4.